The molecule has 0 aliphatic carbocycles. The Labute approximate surface area is 76.8 Å². The van der Waals surface area contributed by atoms with Crippen molar-refractivity contribution in [3.05, 3.63) is 33.6 Å². The molecule has 0 radical (unpaired) electrons. The van der Waals surface area contributed by atoms with Crippen molar-refractivity contribution in [1.82, 2.24) is 0 Å². The normalized spacial score (nSPS) is 10.3. The van der Waals surface area contributed by atoms with Crippen molar-refractivity contribution in [1.29, 1.82) is 0 Å². The molecule has 0 aliphatic rings. The zero-order valence-electron chi connectivity index (χ0n) is 5.58. The third kappa shape index (κ3) is 1.39. The minimum absolute atomic E-state index is 0.777. The van der Waals surface area contributed by atoms with Crippen molar-refractivity contribution in [2.45, 2.75) is 0 Å². The lowest BCUT2D eigenvalue weighted by Crippen LogP contribution is -1.61. The van der Waals surface area contributed by atoms with E-state index >= 15 is 0 Å². The molecule has 3 heteroatoms. The Morgan fingerprint density at radius 3 is 2.73 bits per heavy atom. The highest BCUT2D eigenvalue weighted by Crippen LogP contribution is 2.26. The number of rotatable bonds is 1. The zero-order valence-corrected chi connectivity index (χ0v) is 7.98. The summed E-state index contributed by atoms with van der Waals surface area (Å²) in [6.07, 6.45) is 0. The summed E-state index contributed by atoms with van der Waals surface area (Å²) in [4.78, 5) is 0. The van der Waals surface area contributed by atoms with E-state index in [1.54, 1.807) is 11.3 Å². The Balaban J connectivity index is 2.45. The fourth-order valence-electron chi connectivity index (χ4n) is 0.874. The standard InChI is InChI=1S/C8H5BrOS/c9-8-2-1-7(10-8)6-3-4-11-5-6/h1-5H. The molecule has 0 unspecified atom stereocenters. The first-order valence-corrected chi connectivity index (χ1v) is 4.88. The molecule has 56 valence electrons. The summed E-state index contributed by atoms with van der Waals surface area (Å²) in [5.41, 5.74) is 1.14. The second kappa shape index (κ2) is 2.83. The van der Waals surface area contributed by atoms with Crippen LogP contribution in [0, 0.1) is 0 Å². The van der Waals surface area contributed by atoms with Crippen molar-refractivity contribution < 1.29 is 4.42 Å². The fourth-order valence-corrected chi connectivity index (χ4v) is 1.83. The van der Waals surface area contributed by atoms with Crippen LogP contribution in [0.3, 0.4) is 0 Å². The summed E-state index contributed by atoms with van der Waals surface area (Å²) in [5, 5.41) is 4.09. The second-order valence-corrected chi connectivity index (χ2v) is 3.68. The lowest BCUT2D eigenvalue weighted by atomic mass is 10.3. The molecule has 0 N–H and O–H groups in total. The van der Waals surface area contributed by atoms with Gasteiger partial charge in [0.1, 0.15) is 5.76 Å². The molecule has 0 aromatic carbocycles. The fraction of sp³-hybridized carbons (Fsp3) is 0. The topological polar surface area (TPSA) is 13.1 Å². The van der Waals surface area contributed by atoms with Crippen LogP contribution in [0.25, 0.3) is 11.3 Å². The maximum Gasteiger partial charge on any atom is 0.169 e. The molecule has 1 nitrogen and oxygen atoms in total. The zero-order chi connectivity index (χ0) is 7.68. The van der Waals surface area contributed by atoms with Gasteiger partial charge in [-0.25, -0.2) is 0 Å². The van der Waals surface area contributed by atoms with E-state index in [4.69, 9.17) is 4.42 Å². The van der Waals surface area contributed by atoms with Crippen LogP contribution in [0.5, 0.6) is 0 Å². The van der Waals surface area contributed by atoms with Gasteiger partial charge >= 0.3 is 0 Å². The van der Waals surface area contributed by atoms with Gasteiger partial charge in [-0.3, -0.25) is 0 Å². The molecule has 0 fully saturated rings. The minimum atomic E-state index is 0.777. The molecule has 0 amide bonds. The van der Waals surface area contributed by atoms with Gasteiger partial charge in [-0.2, -0.15) is 11.3 Å². The first-order valence-electron chi connectivity index (χ1n) is 3.14. The Morgan fingerprint density at radius 2 is 2.18 bits per heavy atom. The number of thiophene rings is 1. The van der Waals surface area contributed by atoms with Crippen LogP contribution in [0.2, 0.25) is 0 Å². The lowest BCUT2D eigenvalue weighted by molar-refractivity contribution is 0.556. The molecule has 0 aliphatic heterocycles. The maximum atomic E-state index is 5.35. The van der Waals surface area contributed by atoms with E-state index < -0.39 is 0 Å². The monoisotopic (exact) mass is 228 g/mol. The van der Waals surface area contributed by atoms with Crippen molar-refractivity contribution >= 4 is 27.3 Å². The summed E-state index contributed by atoms with van der Waals surface area (Å²) in [6, 6.07) is 5.88. The van der Waals surface area contributed by atoms with Crippen LogP contribution in [-0.2, 0) is 0 Å². The van der Waals surface area contributed by atoms with Gasteiger partial charge in [0.2, 0.25) is 0 Å². The van der Waals surface area contributed by atoms with Gasteiger partial charge in [-0.1, -0.05) is 0 Å². The van der Waals surface area contributed by atoms with E-state index in [2.05, 4.69) is 21.3 Å². The number of furan rings is 1. The van der Waals surface area contributed by atoms with E-state index in [1.807, 2.05) is 23.6 Å². The van der Waals surface area contributed by atoms with Crippen LogP contribution in [0.15, 0.2) is 38.0 Å². The molecule has 0 bridgehead atoms. The van der Waals surface area contributed by atoms with Gasteiger partial charge in [-0.15, -0.1) is 0 Å². The van der Waals surface area contributed by atoms with Gasteiger partial charge in [0.15, 0.2) is 4.67 Å². The van der Waals surface area contributed by atoms with Gasteiger partial charge in [-0.05, 0) is 39.5 Å². The SMILES string of the molecule is Brc1ccc(-c2ccsc2)o1. The molecule has 0 saturated carbocycles. The highest BCUT2D eigenvalue weighted by molar-refractivity contribution is 9.10. The first kappa shape index (κ1) is 7.13. The number of halogens is 1. The van der Waals surface area contributed by atoms with Gasteiger partial charge in [0, 0.05) is 10.9 Å². The molecule has 0 atom stereocenters. The molecular weight excluding hydrogens is 224 g/mol. The highest BCUT2D eigenvalue weighted by Gasteiger charge is 2.01. The Kier molecular flexibility index (Phi) is 1.84. The van der Waals surface area contributed by atoms with E-state index in [0.29, 0.717) is 0 Å². The largest absolute Gasteiger partial charge is 0.449 e. The van der Waals surface area contributed by atoms with Crippen molar-refractivity contribution in [3.8, 4) is 11.3 Å². The predicted molar refractivity (Wildman–Crippen MR) is 49.7 cm³/mol. The summed E-state index contributed by atoms with van der Waals surface area (Å²) >= 11 is 4.92. The van der Waals surface area contributed by atoms with Crippen molar-refractivity contribution in [2.24, 2.45) is 0 Å². The van der Waals surface area contributed by atoms with E-state index in [0.717, 1.165) is 16.0 Å². The quantitative estimate of drug-likeness (QED) is 0.725. The summed E-state index contributed by atoms with van der Waals surface area (Å²) in [6.45, 7) is 0. The molecule has 2 aromatic heterocycles. The van der Waals surface area contributed by atoms with Crippen LogP contribution >= 0.6 is 27.3 Å². The van der Waals surface area contributed by atoms with E-state index in [9.17, 15) is 0 Å². The maximum absolute atomic E-state index is 5.35. The van der Waals surface area contributed by atoms with E-state index in [-0.39, 0.29) is 0 Å². The van der Waals surface area contributed by atoms with Gasteiger partial charge in [0.25, 0.3) is 0 Å². The smallest absolute Gasteiger partial charge is 0.169 e. The average Bonchev–Trinajstić information content (AvgIpc) is 2.55. The van der Waals surface area contributed by atoms with Crippen LogP contribution in [-0.4, -0.2) is 0 Å². The predicted octanol–water partition coefficient (Wildman–Crippen LogP) is 3.77. The Morgan fingerprint density at radius 1 is 1.27 bits per heavy atom. The minimum Gasteiger partial charge on any atom is -0.449 e. The molecular formula is C8H5BrOS. The third-order valence-electron chi connectivity index (χ3n) is 1.38. The molecule has 2 aromatic rings. The van der Waals surface area contributed by atoms with Gasteiger partial charge in [0.05, 0.1) is 0 Å². The second-order valence-electron chi connectivity index (χ2n) is 2.12. The van der Waals surface area contributed by atoms with Crippen LogP contribution < -0.4 is 0 Å². The van der Waals surface area contributed by atoms with Gasteiger partial charge < -0.3 is 4.42 Å². The Bertz CT molecular complexity index is 337. The highest BCUT2D eigenvalue weighted by atomic mass is 79.9. The van der Waals surface area contributed by atoms with Crippen molar-refractivity contribution in [2.75, 3.05) is 0 Å². The first-order chi connectivity index (χ1) is 5.36. The number of hydrogen-bond donors (Lipinski definition) is 0. The Hall–Kier alpha value is -0.540. The number of hydrogen-bond acceptors (Lipinski definition) is 2. The van der Waals surface area contributed by atoms with Crippen LogP contribution in [0.1, 0.15) is 0 Å². The van der Waals surface area contributed by atoms with E-state index in [1.165, 1.54) is 0 Å². The molecule has 0 saturated heterocycles. The summed E-state index contributed by atoms with van der Waals surface area (Å²) in [7, 11) is 0. The van der Waals surface area contributed by atoms with Crippen molar-refractivity contribution in [3.63, 3.8) is 0 Å². The summed E-state index contributed by atoms with van der Waals surface area (Å²) < 4.78 is 6.13. The molecule has 2 rings (SSSR count). The lowest BCUT2D eigenvalue weighted by Gasteiger charge is -1.86. The summed E-state index contributed by atoms with van der Waals surface area (Å²) in [5.74, 6) is 0.915. The molecule has 2 heterocycles. The molecule has 11 heavy (non-hydrogen) atoms. The third-order valence-corrected chi connectivity index (χ3v) is 2.49. The van der Waals surface area contributed by atoms with Crippen LogP contribution in [0.4, 0.5) is 0 Å². The molecule has 0 spiro atoms. The average molecular weight is 229 g/mol.